The number of methoxy groups -OCH3 is 1. The van der Waals surface area contributed by atoms with Gasteiger partial charge in [0.25, 0.3) is 5.56 Å². The molecule has 0 saturated carbocycles. The Bertz CT molecular complexity index is 1510. The molecule has 172 valence electrons. The molecule has 5 rings (SSSR count). The summed E-state index contributed by atoms with van der Waals surface area (Å²) in [7, 11) is 1.25. The zero-order chi connectivity index (χ0) is 23.8. The van der Waals surface area contributed by atoms with Gasteiger partial charge in [-0.05, 0) is 50.1 Å². The molecule has 0 spiro atoms. The maximum Gasteiger partial charge on any atom is 0.343 e. The summed E-state index contributed by atoms with van der Waals surface area (Å²) in [5, 5.41) is 10.3. The highest BCUT2D eigenvalue weighted by atomic mass is 16.5. The third-order valence-corrected chi connectivity index (χ3v) is 6.28. The fourth-order valence-corrected chi connectivity index (χ4v) is 4.69. The normalized spacial score (nSPS) is 18.1. The van der Waals surface area contributed by atoms with E-state index in [4.69, 9.17) is 14.5 Å². The van der Waals surface area contributed by atoms with Gasteiger partial charge in [0.1, 0.15) is 16.9 Å². The standard InChI is InChI=1S/C25H23N5O4/c1-15-10-17(7-9-34-15)30-22(14-29-8-3-4-18(24(29)31)25(32)33-2)28-21-13-27-20-6-5-16(12-26)11-19(20)23(21)30/h3-6,8,11,13,15,17H,7,9-10,14H2,1-2H3/t15-,17-/m1/s1. The van der Waals surface area contributed by atoms with Gasteiger partial charge < -0.3 is 18.6 Å². The van der Waals surface area contributed by atoms with E-state index in [2.05, 4.69) is 15.6 Å². The number of fused-ring (bicyclic) bond motifs is 3. The monoisotopic (exact) mass is 457 g/mol. The van der Waals surface area contributed by atoms with E-state index >= 15 is 0 Å². The second-order valence-corrected chi connectivity index (χ2v) is 8.44. The number of ether oxygens (including phenoxy) is 2. The third kappa shape index (κ3) is 3.72. The van der Waals surface area contributed by atoms with Crippen LogP contribution in [0.5, 0.6) is 0 Å². The van der Waals surface area contributed by atoms with Gasteiger partial charge in [-0.15, -0.1) is 0 Å². The Morgan fingerprint density at radius 3 is 2.94 bits per heavy atom. The summed E-state index contributed by atoms with van der Waals surface area (Å²) in [6.45, 7) is 2.83. The number of rotatable bonds is 4. The van der Waals surface area contributed by atoms with Crippen LogP contribution in [-0.4, -0.2) is 44.9 Å². The van der Waals surface area contributed by atoms with Crippen LogP contribution in [0.25, 0.3) is 21.9 Å². The summed E-state index contributed by atoms with van der Waals surface area (Å²) in [4.78, 5) is 34.4. The van der Waals surface area contributed by atoms with Crippen LogP contribution in [0.4, 0.5) is 0 Å². The average Bonchev–Trinajstić information content (AvgIpc) is 3.23. The van der Waals surface area contributed by atoms with Crippen molar-refractivity contribution in [1.82, 2.24) is 19.1 Å². The van der Waals surface area contributed by atoms with Gasteiger partial charge in [0, 0.05) is 24.2 Å². The minimum absolute atomic E-state index is 0.0295. The topological polar surface area (TPSA) is 112 Å². The minimum atomic E-state index is -0.676. The van der Waals surface area contributed by atoms with E-state index < -0.39 is 11.5 Å². The molecule has 1 fully saturated rings. The molecule has 9 nitrogen and oxygen atoms in total. The van der Waals surface area contributed by atoms with Crippen molar-refractivity contribution in [3.63, 3.8) is 0 Å². The van der Waals surface area contributed by atoms with Crippen molar-refractivity contribution in [2.75, 3.05) is 13.7 Å². The van der Waals surface area contributed by atoms with Gasteiger partial charge in [0.2, 0.25) is 0 Å². The Morgan fingerprint density at radius 1 is 1.32 bits per heavy atom. The van der Waals surface area contributed by atoms with Gasteiger partial charge in [-0.1, -0.05) is 0 Å². The zero-order valence-corrected chi connectivity index (χ0v) is 18.9. The van der Waals surface area contributed by atoms with E-state index in [1.165, 1.54) is 17.7 Å². The second-order valence-electron chi connectivity index (χ2n) is 8.44. The maximum absolute atomic E-state index is 13.0. The fourth-order valence-electron chi connectivity index (χ4n) is 4.69. The highest BCUT2D eigenvalue weighted by Crippen LogP contribution is 2.34. The minimum Gasteiger partial charge on any atom is -0.465 e. The molecular formula is C25H23N5O4. The van der Waals surface area contributed by atoms with E-state index in [-0.39, 0.29) is 24.3 Å². The van der Waals surface area contributed by atoms with E-state index in [9.17, 15) is 14.9 Å². The fraction of sp³-hybridized carbons (Fsp3) is 0.320. The van der Waals surface area contributed by atoms with Gasteiger partial charge in [-0.2, -0.15) is 5.26 Å². The number of carbonyl (C=O) groups is 1. The number of hydrogen-bond acceptors (Lipinski definition) is 7. The molecule has 4 heterocycles. The maximum atomic E-state index is 13.0. The van der Waals surface area contributed by atoms with Crippen LogP contribution in [0, 0.1) is 11.3 Å². The summed E-state index contributed by atoms with van der Waals surface area (Å²) in [6.07, 6.45) is 5.02. The first-order valence-corrected chi connectivity index (χ1v) is 11.1. The van der Waals surface area contributed by atoms with Crippen LogP contribution < -0.4 is 5.56 Å². The Morgan fingerprint density at radius 2 is 2.18 bits per heavy atom. The molecule has 1 aliphatic heterocycles. The molecule has 0 bridgehead atoms. The molecule has 1 aromatic carbocycles. The molecule has 0 unspecified atom stereocenters. The number of pyridine rings is 2. The van der Waals surface area contributed by atoms with Crippen molar-refractivity contribution in [3.05, 3.63) is 70.0 Å². The number of benzene rings is 1. The molecule has 0 aliphatic carbocycles. The van der Waals surface area contributed by atoms with Crippen LogP contribution in [0.1, 0.15) is 47.6 Å². The first kappa shape index (κ1) is 21.8. The molecule has 4 aromatic rings. The highest BCUT2D eigenvalue weighted by Gasteiger charge is 2.27. The lowest BCUT2D eigenvalue weighted by atomic mass is 10.0. The molecule has 0 amide bonds. The molecule has 1 aliphatic rings. The van der Waals surface area contributed by atoms with Crippen molar-refractivity contribution in [2.24, 2.45) is 0 Å². The lowest BCUT2D eigenvalue weighted by molar-refractivity contribution is 0.00620. The third-order valence-electron chi connectivity index (χ3n) is 6.28. The summed E-state index contributed by atoms with van der Waals surface area (Å²) >= 11 is 0. The van der Waals surface area contributed by atoms with Crippen LogP contribution >= 0.6 is 0 Å². The summed E-state index contributed by atoms with van der Waals surface area (Å²) in [5.74, 6) is 0.000195. The van der Waals surface area contributed by atoms with Crippen molar-refractivity contribution in [1.29, 1.82) is 5.26 Å². The number of nitriles is 1. The van der Waals surface area contributed by atoms with E-state index in [1.54, 1.807) is 24.5 Å². The number of hydrogen-bond donors (Lipinski definition) is 0. The van der Waals surface area contributed by atoms with Gasteiger partial charge in [0.05, 0.1) is 48.6 Å². The zero-order valence-electron chi connectivity index (χ0n) is 18.9. The average molecular weight is 457 g/mol. The Balaban J connectivity index is 1.73. The SMILES string of the molecule is COC(=O)c1cccn(Cc2nc3cnc4ccc(C#N)cc4c3n2[C@@H]2CCO[C@H](C)C2)c1=O. The largest absolute Gasteiger partial charge is 0.465 e. The predicted octanol–water partition coefficient (Wildman–Crippen LogP) is 3.19. The Labute approximate surface area is 195 Å². The molecular weight excluding hydrogens is 434 g/mol. The Hall–Kier alpha value is -4.03. The second kappa shape index (κ2) is 8.72. The van der Waals surface area contributed by atoms with Gasteiger partial charge in [-0.25, -0.2) is 9.78 Å². The van der Waals surface area contributed by atoms with E-state index in [1.807, 2.05) is 19.1 Å². The molecule has 1 saturated heterocycles. The molecule has 3 aromatic heterocycles. The first-order chi connectivity index (χ1) is 16.5. The number of nitrogens with zero attached hydrogens (tertiary/aromatic N) is 5. The van der Waals surface area contributed by atoms with E-state index in [0.717, 1.165) is 29.3 Å². The Kier molecular flexibility index (Phi) is 5.59. The van der Waals surface area contributed by atoms with Crippen molar-refractivity contribution in [3.8, 4) is 6.07 Å². The van der Waals surface area contributed by atoms with Crippen LogP contribution in [0.2, 0.25) is 0 Å². The van der Waals surface area contributed by atoms with Crippen LogP contribution in [0.3, 0.4) is 0 Å². The highest BCUT2D eigenvalue weighted by molar-refractivity contribution is 6.03. The molecule has 0 N–H and O–H groups in total. The first-order valence-electron chi connectivity index (χ1n) is 11.1. The summed E-state index contributed by atoms with van der Waals surface area (Å²) < 4.78 is 14.2. The van der Waals surface area contributed by atoms with E-state index in [0.29, 0.717) is 23.5 Å². The summed E-state index contributed by atoms with van der Waals surface area (Å²) in [5.41, 5.74) is 2.41. The lowest BCUT2D eigenvalue weighted by Crippen LogP contribution is -2.30. The predicted molar refractivity (Wildman–Crippen MR) is 125 cm³/mol. The lowest BCUT2D eigenvalue weighted by Gasteiger charge is -2.30. The number of imidazole rings is 1. The molecule has 34 heavy (non-hydrogen) atoms. The quantitative estimate of drug-likeness (QED) is 0.433. The smallest absolute Gasteiger partial charge is 0.343 e. The van der Waals surface area contributed by atoms with Gasteiger partial charge in [-0.3, -0.25) is 9.78 Å². The van der Waals surface area contributed by atoms with Gasteiger partial charge >= 0.3 is 5.97 Å². The van der Waals surface area contributed by atoms with Crippen LogP contribution in [-0.2, 0) is 16.0 Å². The van der Waals surface area contributed by atoms with Crippen LogP contribution in [0.15, 0.2) is 47.5 Å². The number of carbonyl (C=O) groups excluding carboxylic acids is 1. The van der Waals surface area contributed by atoms with Gasteiger partial charge in [0.15, 0.2) is 0 Å². The molecule has 2 atom stereocenters. The molecule has 9 heteroatoms. The summed E-state index contributed by atoms with van der Waals surface area (Å²) in [6, 6.07) is 10.8. The van der Waals surface area contributed by atoms with Crippen molar-refractivity contribution < 1.29 is 14.3 Å². The van der Waals surface area contributed by atoms with Crippen molar-refractivity contribution >= 4 is 27.9 Å². The number of aromatic nitrogens is 4. The molecule has 0 radical (unpaired) electrons. The number of esters is 1. The van der Waals surface area contributed by atoms with Crippen molar-refractivity contribution in [2.45, 2.75) is 38.5 Å².